The molecule has 2 aromatic carbocycles. The van der Waals surface area contributed by atoms with E-state index >= 15 is 0 Å². The summed E-state index contributed by atoms with van der Waals surface area (Å²) in [6.45, 7) is 0.136. The first kappa shape index (κ1) is 18.5. The van der Waals surface area contributed by atoms with Crippen LogP contribution in [0.1, 0.15) is 12.0 Å². The number of carbonyl (C=O) groups excluding carboxylic acids is 3. The second-order valence-corrected chi connectivity index (χ2v) is 6.81. The van der Waals surface area contributed by atoms with Crippen molar-refractivity contribution in [1.82, 2.24) is 15.2 Å². The molecule has 148 valence electrons. The molecule has 0 spiro atoms. The molecule has 1 saturated heterocycles. The summed E-state index contributed by atoms with van der Waals surface area (Å²) in [7, 11) is 1.57. The average Bonchev–Trinajstić information content (AvgIpc) is 3.28. The van der Waals surface area contributed by atoms with Crippen LogP contribution < -0.4 is 15.4 Å². The van der Waals surface area contributed by atoms with Crippen LogP contribution >= 0.6 is 0 Å². The van der Waals surface area contributed by atoms with Gasteiger partial charge in [-0.3, -0.25) is 14.5 Å². The monoisotopic (exact) mass is 392 g/mol. The van der Waals surface area contributed by atoms with Gasteiger partial charge in [0.15, 0.2) is 0 Å². The first-order chi connectivity index (χ1) is 14.0. The number of nitrogens with one attached hydrogen (secondary N) is 3. The summed E-state index contributed by atoms with van der Waals surface area (Å²) in [5, 5.41) is 6.33. The summed E-state index contributed by atoms with van der Waals surface area (Å²) in [5.41, 5.74) is 2.39. The number of hydrogen-bond acceptors (Lipinski definition) is 4. The van der Waals surface area contributed by atoms with Gasteiger partial charge in [0.25, 0.3) is 5.91 Å². The Morgan fingerprint density at radius 3 is 2.69 bits per heavy atom. The maximum atomic E-state index is 12.6. The van der Waals surface area contributed by atoms with Crippen LogP contribution in [0.5, 0.6) is 5.75 Å². The Morgan fingerprint density at radius 2 is 1.93 bits per heavy atom. The fourth-order valence-corrected chi connectivity index (χ4v) is 3.31. The molecule has 1 atom stereocenters. The van der Waals surface area contributed by atoms with Gasteiger partial charge in [0.05, 0.1) is 20.1 Å². The maximum Gasteiger partial charge on any atom is 0.325 e. The van der Waals surface area contributed by atoms with Crippen molar-refractivity contribution >= 4 is 34.4 Å². The molecule has 4 rings (SSSR count). The number of anilines is 1. The zero-order chi connectivity index (χ0) is 20.4. The van der Waals surface area contributed by atoms with Crippen molar-refractivity contribution in [3.8, 4) is 5.75 Å². The van der Waals surface area contributed by atoms with E-state index in [4.69, 9.17) is 4.74 Å². The molecule has 8 nitrogen and oxygen atoms in total. The molecule has 0 saturated carbocycles. The normalized spacial score (nSPS) is 16.2. The van der Waals surface area contributed by atoms with E-state index in [0.717, 1.165) is 21.4 Å². The molecule has 1 aromatic heterocycles. The SMILES string of the molecule is COc1ccc(CN2C(=O)N[C@H](CC(=O)Nc3ccc4[nH]ccc4c3)C2=O)cc1. The largest absolute Gasteiger partial charge is 0.497 e. The summed E-state index contributed by atoms with van der Waals surface area (Å²) in [6.07, 6.45) is 1.69. The number of rotatable bonds is 6. The molecular weight excluding hydrogens is 372 g/mol. The van der Waals surface area contributed by atoms with E-state index in [9.17, 15) is 14.4 Å². The highest BCUT2D eigenvalue weighted by atomic mass is 16.5. The number of hydrogen-bond donors (Lipinski definition) is 3. The lowest BCUT2D eigenvalue weighted by atomic mass is 10.1. The van der Waals surface area contributed by atoms with Crippen molar-refractivity contribution in [2.45, 2.75) is 19.0 Å². The molecule has 29 heavy (non-hydrogen) atoms. The lowest BCUT2D eigenvalue weighted by molar-refractivity contribution is -0.130. The fraction of sp³-hybridized carbons (Fsp3) is 0.190. The van der Waals surface area contributed by atoms with Gasteiger partial charge in [-0.05, 0) is 42.0 Å². The highest BCUT2D eigenvalue weighted by Gasteiger charge is 2.38. The summed E-state index contributed by atoms with van der Waals surface area (Å²) < 4.78 is 5.10. The minimum Gasteiger partial charge on any atom is -0.497 e. The topological polar surface area (TPSA) is 104 Å². The first-order valence-electron chi connectivity index (χ1n) is 9.15. The molecule has 4 amide bonds. The Labute approximate surface area is 166 Å². The van der Waals surface area contributed by atoms with Gasteiger partial charge < -0.3 is 20.4 Å². The number of benzene rings is 2. The van der Waals surface area contributed by atoms with Crippen LogP contribution in [0, 0.1) is 0 Å². The van der Waals surface area contributed by atoms with Crippen LogP contribution in [0.2, 0.25) is 0 Å². The van der Waals surface area contributed by atoms with E-state index in [2.05, 4.69) is 15.6 Å². The number of amides is 4. The lowest BCUT2D eigenvalue weighted by Gasteiger charge is -2.13. The van der Waals surface area contributed by atoms with Gasteiger partial charge in [0.1, 0.15) is 11.8 Å². The number of ether oxygens (including phenoxy) is 1. The highest BCUT2D eigenvalue weighted by Crippen LogP contribution is 2.20. The van der Waals surface area contributed by atoms with Crippen LogP contribution in [-0.2, 0) is 16.1 Å². The zero-order valence-electron chi connectivity index (χ0n) is 15.8. The van der Waals surface area contributed by atoms with Gasteiger partial charge in [0, 0.05) is 22.8 Å². The molecule has 2 heterocycles. The van der Waals surface area contributed by atoms with Crippen molar-refractivity contribution in [3.63, 3.8) is 0 Å². The van der Waals surface area contributed by atoms with E-state index in [-0.39, 0.29) is 18.9 Å². The third-order valence-corrected chi connectivity index (χ3v) is 4.83. The smallest absolute Gasteiger partial charge is 0.325 e. The van der Waals surface area contributed by atoms with Crippen molar-refractivity contribution in [3.05, 3.63) is 60.3 Å². The predicted molar refractivity (Wildman–Crippen MR) is 107 cm³/mol. The van der Waals surface area contributed by atoms with Crippen LogP contribution in [0.15, 0.2) is 54.7 Å². The third-order valence-electron chi connectivity index (χ3n) is 4.83. The van der Waals surface area contributed by atoms with Crippen LogP contribution in [0.3, 0.4) is 0 Å². The van der Waals surface area contributed by atoms with Crippen LogP contribution in [-0.4, -0.2) is 40.9 Å². The van der Waals surface area contributed by atoms with Gasteiger partial charge in [-0.1, -0.05) is 12.1 Å². The number of carbonyl (C=O) groups is 3. The standard InChI is InChI=1S/C21H20N4O4/c1-29-16-5-2-13(3-6-16)12-25-20(27)18(24-21(25)28)11-19(26)23-15-4-7-17-14(10-15)8-9-22-17/h2-10,18,22H,11-12H2,1H3,(H,23,26)(H,24,28)/t18-/m1/s1. The number of H-pyrrole nitrogens is 1. The molecule has 1 aliphatic rings. The number of fused-ring (bicyclic) bond motifs is 1. The molecule has 0 aliphatic carbocycles. The Morgan fingerprint density at radius 1 is 1.14 bits per heavy atom. The Kier molecular flexibility index (Phi) is 4.90. The minimum absolute atomic E-state index is 0.130. The van der Waals surface area contributed by atoms with Gasteiger partial charge in [-0.25, -0.2) is 4.79 Å². The second-order valence-electron chi connectivity index (χ2n) is 6.81. The molecule has 3 N–H and O–H groups in total. The Balaban J connectivity index is 1.37. The van der Waals surface area contributed by atoms with Crippen molar-refractivity contribution in [2.75, 3.05) is 12.4 Å². The molecule has 0 bridgehead atoms. The van der Waals surface area contributed by atoms with Gasteiger partial charge in [0.2, 0.25) is 5.91 Å². The lowest BCUT2D eigenvalue weighted by Crippen LogP contribution is -2.34. The number of aromatic nitrogens is 1. The summed E-state index contributed by atoms with van der Waals surface area (Å²) in [4.78, 5) is 41.4. The van der Waals surface area contributed by atoms with E-state index in [0.29, 0.717) is 11.4 Å². The molecule has 1 fully saturated rings. The van der Waals surface area contributed by atoms with E-state index in [1.165, 1.54) is 0 Å². The minimum atomic E-state index is -0.878. The Bertz CT molecular complexity index is 1070. The van der Waals surface area contributed by atoms with Crippen LogP contribution in [0.4, 0.5) is 10.5 Å². The first-order valence-corrected chi connectivity index (χ1v) is 9.15. The van der Waals surface area contributed by atoms with Crippen LogP contribution in [0.25, 0.3) is 10.9 Å². The number of urea groups is 1. The predicted octanol–water partition coefficient (Wildman–Crippen LogP) is 2.63. The third kappa shape index (κ3) is 3.91. The molecule has 0 unspecified atom stereocenters. The molecule has 0 radical (unpaired) electrons. The number of nitrogens with zero attached hydrogens (tertiary/aromatic N) is 1. The summed E-state index contributed by atoms with van der Waals surface area (Å²) in [5.74, 6) is -0.0646. The van der Waals surface area contributed by atoms with Gasteiger partial charge in [-0.2, -0.15) is 0 Å². The van der Waals surface area contributed by atoms with Gasteiger partial charge in [-0.15, -0.1) is 0 Å². The van der Waals surface area contributed by atoms with E-state index < -0.39 is 18.0 Å². The molecule has 8 heteroatoms. The fourth-order valence-electron chi connectivity index (χ4n) is 3.31. The Hall–Kier alpha value is -3.81. The number of imide groups is 1. The zero-order valence-corrected chi connectivity index (χ0v) is 15.8. The number of aromatic amines is 1. The molecular formula is C21H20N4O4. The summed E-state index contributed by atoms with van der Waals surface area (Å²) >= 11 is 0. The second kappa shape index (κ2) is 7.67. The van der Waals surface area contributed by atoms with Crippen molar-refractivity contribution in [2.24, 2.45) is 0 Å². The van der Waals surface area contributed by atoms with Crippen molar-refractivity contribution in [1.29, 1.82) is 0 Å². The maximum absolute atomic E-state index is 12.6. The van der Waals surface area contributed by atoms with Crippen molar-refractivity contribution < 1.29 is 19.1 Å². The van der Waals surface area contributed by atoms with E-state index in [1.807, 2.05) is 24.4 Å². The van der Waals surface area contributed by atoms with E-state index in [1.54, 1.807) is 37.4 Å². The quantitative estimate of drug-likeness (QED) is 0.561. The molecule has 1 aliphatic heterocycles. The van der Waals surface area contributed by atoms with Gasteiger partial charge >= 0.3 is 6.03 Å². The average molecular weight is 392 g/mol. The summed E-state index contributed by atoms with van der Waals surface area (Å²) in [6, 6.07) is 13.1. The number of methoxy groups -OCH3 is 1. The molecule has 3 aromatic rings. The highest BCUT2D eigenvalue weighted by molar-refractivity contribution is 6.07.